The van der Waals surface area contributed by atoms with Gasteiger partial charge in [0.25, 0.3) is 0 Å². The maximum absolute atomic E-state index is 13.4. The molecule has 28 heavy (non-hydrogen) atoms. The molecule has 2 aromatic rings. The molecule has 6 nitrogen and oxygen atoms in total. The molecule has 0 aliphatic heterocycles. The average Bonchev–Trinajstić information content (AvgIpc) is 3.57. The van der Waals surface area contributed by atoms with Crippen LogP contribution in [0.3, 0.4) is 0 Å². The van der Waals surface area contributed by atoms with Crippen molar-refractivity contribution in [1.29, 1.82) is 0 Å². The third-order valence-electron chi connectivity index (χ3n) is 5.32. The summed E-state index contributed by atoms with van der Waals surface area (Å²) in [6, 6.07) is 9.75. The summed E-state index contributed by atoms with van der Waals surface area (Å²) in [5.74, 6) is -0.445. The molecule has 7 heteroatoms. The lowest BCUT2D eigenvalue weighted by atomic mass is 10.3. The first-order chi connectivity index (χ1) is 13.5. The lowest BCUT2D eigenvalue weighted by molar-refractivity contribution is -0.133. The van der Waals surface area contributed by atoms with Gasteiger partial charge in [-0.3, -0.25) is 4.79 Å². The first-order valence-electron chi connectivity index (χ1n) is 9.74. The predicted octanol–water partition coefficient (Wildman–Crippen LogP) is 3.35. The van der Waals surface area contributed by atoms with Crippen molar-refractivity contribution >= 4 is 17.6 Å². The van der Waals surface area contributed by atoms with E-state index in [1.807, 2.05) is 34.8 Å². The number of carbonyl (C=O) groups excluding carboxylic acids is 2. The molecule has 0 spiro atoms. The Bertz CT molecular complexity index is 873. The first-order valence-corrected chi connectivity index (χ1v) is 9.74. The maximum atomic E-state index is 13.4. The van der Waals surface area contributed by atoms with Crippen LogP contribution in [0.25, 0.3) is 0 Å². The number of aromatic nitrogens is 1. The van der Waals surface area contributed by atoms with E-state index in [1.165, 1.54) is 12.1 Å². The Morgan fingerprint density at radius 1 is 1.11 bits per heavy atom. The number of halogens is 1. The Labute approximate surface area is 163 Å². The first kappa shape index (κ1) is 18.5. The normalized spacial score (nSPS) is 15.9. The van der Waals surface area contributed by atoms with E-state index < -0.39 is 5.82 Å². The minimum absolute atomic E-state index is 0.0370. The van der Waals surface area contributed by atoms with Gasteiger partial charge >= 0.3 is 6.03 Å². The Balaban J connectivity index is 1.43. The molecular weight excluding hydrogens is 359 g/mol. The van der Waals surface area contributed by atoms with Crippen LogP contribution in [0.15, 0.2) is 42.6 Å². The van der Waals surface area contributed by atoms with Crippen LogP contribution in [0.4, 0.5) is 14.9 Å². The van der Waals surface area contributed by atoms with E-state index in [9.17, 15) is 14.0 Å². The number of hydrogen-bond donors (Lipinski definition) is 1. The molecule has 1 aromatic heterocycles. The summed E-state index contributed by atoms with van der Waals surface area (Å²) in [6.07, 6.45) is 5.77. The fourth-order valence-corrected chi connectivity index (χ4v) is 3.39. The molecule has 2 aliphatic carbocycles. The number of hydrogen-bond acceptors (Lipinski definition) is 2. The SMILES string of the molecule is Cn1cccc1CN(C(=O)CN(C(=O)Nc1cccc(F)c1)C1CC1)C1CC1. The van der Waals surface area contributed by atoms with Gasteiger partial charge < -0.3 is 19.7 Å². The number of nitrogens with one attached hydrogen (secondary N) is 1. The summed E-state index contributed by atoms with van der Waals surface area (Å²) in [4.78, 5) is 29.3. The number of carbonyl (C=O) groups is 2. The van der Waals surface area contributed by atoms with Gasteiger partial charge in [-0.15, -0.1) is 0 Å². The second kappa shape index (κ2) is 7.66. The Morgan fingerprint density at radius 3 is 2.43 bits per heavy atom. The number of anilines is 1. The lowest BCUT2D eigenvalue weighted by Gasteiger charge is -2.28. The molecule has 0 radical (unpaired) electrons. The minimum Gasteiger partial charge on any atom is -0.353 e. The number of aryl methyl sites for hydroxylation is 1. The van der Waals surface area contributed by atoms with Crippen molar-refractivity contribution in [2.45, 2.75) is 44.3 Å². The molecule has 2 fully saturated rings. The van der Waals surface area contributed by atoms with Crippen LogP contribution in [0.5, 0.6) is 0 Å². The second-order valence-corrected chi connectivity index (χ2v) is 7.66. The lowest BCUT2D eigenvalue weighted by Crippen LogP contribution is -2.46. The zero-order valence-corrected chi connectivity index (χ0v) is 16.0. The average molecular weight is 384 g/mol. The van der Waals surface area contributed by atoms with Crippen molar-refractivity contribution in [3.63, 3.8) is 0 Å². The molecule has 0 saturated heterocycles. The molecule has 148 valence electrons. The smallest absolute Gasteiger partial charge is 0.322 e. The zero-order chi connectivity index (χ0) is 19.7. The fourth-order valence-electron chi connectivity index (χ4n) is 3.39. The van der Waals surface area contributed by atoms with E-state index in [1.54, 1.807) is 17.0 Å². The Hall–Kier alpha value is -2.83. The standard InChI is InChI=1S/C21H25FN4O2/c1-24-11-3-6-19(24)13-25(17-7-8-17)20(27)14-26(18-9-10-18)21(28)23-16-5-2-4-15(22)12-16/h2-6,11-12,17-18H,7-10,13-14H2,1H3,(H,23,28). The molecule has 2 saturated carbocycles. The van der Waals surface area contributed by atoms with Gasteiger partial charge in [0, 0.05) is 36.7 Å². The van der Waals surface area contributed by atoms with Crippen LogP contribution in [-0.4, -0.2) is 44.9 Å². The maximum Gasteiger partial charge on any atom is 0.322 e. The molecule has 4 rings (SSSR count). The third-order valence-corrected chi connectivity index (χ3v) is 5.32. The summed E-state index contributed by atoms with van der Waals surface area (Å²) in [6.45, 7) is 0.601. The molecule has 0 bridgehead atoms. The molecule has 1 heterocycles. The van der Waals surface area contributed by atoms with Crippen molar-refractivity contribution in [2.75, 3.05) is 11.9 Å². The monoisotopic (exact) mass is 384 g/mol. The summed E-state index contributed by atoms with van der Waals surface area (Å²) in [5, 5.41) is 2.72. The van der Waals surface area contributed by atoms with E-state index in [-0.39, 0.29) is 30.6 Å². The van der Waals surface area contributed by atoms with Crippen molar-refractivity contribution in [3.05, 3.63) is 54.1 Å². The molecular formula is C21H25FN4O2. The minimum atomic E-state index is -0.408. The molecule has 1 N–H and O–H groups in total. The Morgan fingerprint density at radius 2 is 1.82 bits per heavy atom. The highest BCUT2D eigenvalue weighted by molar-refractivity contribution is 5.93. The van der Waals surface area contributed by atoms with Crippen molar-refractivity contribution < 1.29 is 14.0 Å². The van der Waals surface area contributed by atoms with E-state index in [0.29, 0.717) is 12.2 Å². The van der Waals surface area contributed by atoms with Crippen LogP contribution in [0, 0.1) is 5.82 Å². The quantitative estimate of drug-likeness (QED) is 0.796. The van der Waals surface area contributed by atoms with Crippen molar-refractivity contribution in [1.82, 2.24) is 14.4 Å². The Kier molecular flexibility index (Phi) is 5.07. The summed E-state index contributed by atoms with van der Waals surface area (Å²) >= 11 is 0. The van der Waals surface area contributed by atoms with Gasteiger partial charge in [-0.1, -0.05) is 6.07 Å². The van der Waals surface area contributed by atoms with Gasteiger partial charge in [0.15, 0.2) is 0 Å². The molecule has 0 unspecified atom stereocenters. The van der Waals surface area contributed by atoms with Gasteiger partial charge in [-0.2, -0.15) is 0 Å². The van der Waals surface area contributed by atoms with E-state index in [2.05, 4.69) is 5.32 Å². The van der Waals surface area contributed by atoms with E-state index in [4.69, 9.17) is 0 Å². The van der Waals surface area contributed by atoms with Gasteiger partial charge in [-0.05, 0) is 56.0 Å². The van der Waals surface area contributed by atoms with Crippen LogP contribution in [-0.2, 0) is 18.4 Å². The van der Waals surface area contributed by atoms with Gasteiger partial charge in [0.05, 0.1) is 6.54 Å². The summed E-state index contributed by atoms with van der Waals surface area (Å²) < 4.78 is 15.4. The fraction of sp³-hybridized carbons (Fsp3) is 0.429. The van der Waals surface area contributed by atoms with Crippen LogP contribution in [0.1, 0.15) is 31.4 Å². The highest BCUT2D eigenvalue weighted by Gasteiger charge is 2.38. The van der Waals surface area contributed by atoms with Crippen LogP contribution in [0.2, 0.25) is 0 Å². The number of benzene rings is 1. The van der Waals surface area contributed by atoms with Gasteiger partial charge in [0.1, 0.15) is 12.4 Å². The number of urea groups is 1. The molecule has 3 amide bonds. The third kappa shape index (κ3) is 4.35. The largest absolute Gasteiger partial charge is 0.353 e. The zero-order valence-electron chi connectivity index (χ0n) is 16.0. The number of nitrogens with zero attached hydrogens (tertiary/aromatic N) is 3. The topological polar surface area (TPSA) is 57.6 Å². The van der Waals surface area contributed by atoms with Crippen LogP contribution < -0.4 is 5.32 Å². The highest BCUT2D eigenvalue weighted by Crippen LogP contribution is 2.31. The predicted molar refractivity (Wildman–Crippen MR) is 104 cm³/mol. The summed E-state index contributed by atoms with van der Waals surface area (Å²) in [5.41, 5.74) is 1.47. The number of amides is 3. The molecule has 0 atom stereocenters. The van der Waals surface area contributed by atoms with Crippen molar-refractivity contribution in [2.24, 2.45) is 7.05 Å². The van der Waals surface area contributed by atoms with Crippen molar-refractivity contribution in [3.8, 4) is 0 Å². The summed E-state index contributed by atoms with van der Waals surface area (Å²) in [7, 11) is 1.97. The van der Waals surface area contributed by atoms with E-state index in [0.717, 1.165) is 31.4 Å². The van der Waals surface area contributed by atoms with Gasteiger partial charge in [-0.25, -0.2) is 9.18 Å². The number of rotatable bonds is 7. The van der Waals surface area contributed by atoms with Gasteiger partial charge in [0.2, 0.25) is 5.91 Å². The second-order valence-electron chi connectivity index (χ2n) is 7.66. The molecule has 1 aromatic carbocycles. The van der Waals surface area contributed by atoms with Crippen LogP contribution >= 0.6 is 0 Å². The van der Waals surface area contributed by atoms with E-state index >= 15 is 0 Å². The highest BCUT2D eigenvalue weighted by atomic mass is 19.1. The molecule has 2 aliphatic rings.